The van der Waals surface area contributed by atoms with Crippen molar-refractivity contribution >= 4 is 23.8 Å². The molecule has 11 heteroatoms. The number of aromatic amines is 1. The van der Waals surface area contributed by atoms with Crippen LogP contribution < -0.4 is 10.6 Å². The molecule has 8 atom stereocenters. The highest BCUT2D eigenvalue weighted by molar-refractivity contribution is 5.90. The van der Waals surface area contributed by atoms with Gasteiger partial charge in [-0.3, -0.25) is 4.79 Å². The average molecular weight is 600 g/mol. The molecule has 6 rings (SSSR count). The van der Waals surface area contributed by atoms with Crippen molar-refractivity contribution in [1.29, 1.82) is 0 Å². The Balaban J connectivity index is 1.31. The topological polar surface area (TPSA) is 168 Å². The van der Waals surface area contributed by atoms with Gasteiger partial charge in [0.2, 0.25) is 0 Å². The first-order valence-electron chi connectivity index (χ1n) is 15.2. The molecule has 43 heavy (non-hydrogen) atoms. The van der Waals surface area contributed by atoms with Crippen molar-refractivity contribution in [3.8, 4) is 0 Å². The van der Waals surface area contributed by atoms with Crippen molar-refractivity contribution < 1.29 is 49.0 Å². The number of esters is 1. The predicted molar refractivity (Wildman–Crippen MR) is 152 cm³/mol. The van der Waals surface area contributed by atoms with Crippen LogP contribution in [0, 0.1) is 17.8 Å². The fraction of sp³-hybridized carbons (Fsp3) is 0.625. The van der Waals surface area contributed by atoms with Crippen LogP contribution in [-0.4, -0.2) is 86.9 Å². The van der Waals surface area contributed by atoms with Crippen molar-refractivity contribution in [2.45, 2.75) is 93.6 Å². The van der Waals surface area contributed by atoms with Gasteiger partial charge < -0.3 is 44.4 Å². The van der Waals surface area contributed by atoms with Crippen molar-refractivity contribution in [1.82, 2.24) is 4.98 Å². The van der Waals surface area contributed by atoms with Crippen LogP contribution in [0.25, 0.3) is 11.8 Å². The van der Waals surface area contributed by atoms with E-state index >= 15 is 0 Å². The zero-order valence-electron chi connectivity index (χ0n) is 24.4. The molecule has 8 unspecified atom stereocenters. The van der Waals surface area contributed by atoms with Crippen molar-refractivity contribution in [3.05, 3.63) is 46.6 Å². The highest BCUT2D eigenvalue weighted by Crippen LogP contribution is 2.53. The number of hydrogen-bond donors (Lipinski definition) is 5. The molecular formula is C32H41NO10. The molecule has 234 valence electrons. The van der Waals surface area contributed by atoms with Gasteiger partial charge in [-0.15, -0.1) is 6.58 Å². The molecule has 0 radical (unpaired) electrons. The van der Waals surface area contributed by atoms with E-state index in [1.807, 2.05) is 0 Å². The number of fused-ring (bicyclic) bond motifs is 2. The van der Waals surface area contributed by atoms with E-state index in [2.05, 4.69) is 17.6 Å². The number of carbonyl (C=O) groups is 2. The number of carboxylic acid groups (broad SMARTS) is 1. The molecule has 1 spiro atoms. The number of aliphatic hydroxyl groups excluding tert-OH is 2. The van der Waals surface area contributed by atoms with Crippen LogP contribution in [0.15, 0.2) is 30.4 Å². The molecule has 1 saturated heterocycles. The molecule has 0 amide bonds. The summed E-state index contributed by atoms with van der Waals surface area (Å²) >= 11 is 0. The van der Waals surface area contributed by atoms with Gasteiger partial charge in [0.05, 0.1) is 31.6 Å². The molecule has 3 heterocycles. The number of aliphatic hydroxyl groups is 3. The van der Waals surface area contributed by atoms with E-state index < -0.39 is 66.2 Å². The molecule has 5 N–H and O–H groups in total. The Hall–Kier alpha value is -2.96. The predicted octanol–water partition coefficient (Wildman–Crippen LogP) is 0.790. The van der Waals surface area contributed by atoms with Gasteiger partial charge in [-0.25, -0.2) is 4.79 Å². The van der Waals surface area contributed by atoms with Crippen LogP contribution in [0.4, 0.5) is 0 Å². The Labute approximate surface area is 249 Å². The number of carbonyl (C=O) groups excluding carboxylic acids is 1. The lowest BCUT2D eigenvalue weighted by Crippen LogP contribution is -2.77. The molecular weight excluding hydrogens is 558 g/mol. The summed E-state index contributed by atoms with van der Waals surface area (Å²) in [6, 6.07) is 2.10. The van der Waals surface area contributed by atoms with Crippen LogP contribution in [0.2, 0.25) is 0 Å². The summed E-state index contributed by atoms with van der Waals surface area (Å²) in [5, 5.41) is 45.7. The molecule has 3 aliphatic carbocycles. The Morgan fingerprint density at radius 3 is 2.72 bits per heavy atom. The zero-order chi connectivity index (χ0) is 30.5. The minimum atomic E-state index is -1.90. The highest BCUT2D eigenvalue weighted by Gasteiger charge is 2.69. The molecule has 1 aromatic rings. The first-order valence-corrected chi connectivity index (χ1v) is 15.2. The van der Waals surface area contributed by atoms with Crippen LogP contribution in [0.5, 0.6) is 0 Å². The van der Waals surface area contributed by atoms with Crippen molar-refractivity contribution in [2.24, 2.45) is 17.8 Å². The first kappa shape index (κ1) is 30.1. The van der Waals surface area contributed by atoms with E-state index in [4.69, 9.17) is 18.9 Å². The SMILES string of the molecule is C=CC1C(OC2OC(CO)C34OC=c5[nH]c(CC6CCCC6)cc5=C3CCC2(O)C4O)CC=C(C(=O)OC)C1CC(=O)O. The van der Waals surface area contributed by atoms with Crippen LogP contribution in [0.3, 0.4) is 0 Å². The van der Waals surface area contributed by atoms with Gasteiger partial charge in [0.1, 0.15) is 24.1 Å². The normalized spacial score (nSPS) is 36.9. The smallest absolute Gasteiger partial charge is 0.333 e. The summed E-state index contributed by atoms with van der Waals surface area (Å²) in [5.41, 5.74) is -1.33. The maximum atomic E-state index is 12.4. The van der Waals surface area contributed by atoms with Crippen molar-refractivity contribution in [2.75, 3.05) is 13.7 Å². The molecule has 2 saturated carbocycles. The summed E-state index contributed by atoms with van der Waals surface area (Å²) in [7, 11) is 1.23. The monoisotopic (exact) mass is 599 g/mol. The van der Waals surface area contributed by atoms with Gasteiger partial charge in [-0.2, -0.15) is 0 Å². The largest absolute Gasteiger partial charge is 0.483 e. The van der Waals surface area contributed by atoms with E-state index in [0.29, 0.717) is 12.3 Å². The summed E-state index contributed by atoms with van der Waals surface area (Å²) in [5.74, 6) is -2.51. The second-order valence-electron chi connectivity index (χ2n) is 12.6. The Morgan fingerprint density at radius 2 is 2.05 bits per heavy atom. The number of methoxy groups -OCH3 is 1. The highest BCUT2D eigenvalue weighted by atomic mass is 16.7. The van der Waals surface area contributed by atoms with Gasteiger partial charge in [0.25, 0.3) is 0 Å². The third kappa shape index (κ3) is 4.85. The number of carboxylic acids is 1. The summed E-state index contributed by atoms with van der Waals surface area (Å²) in [6.07, 6.45) is 6.16. The van der Waals surface area contributed by atoms with Gasteiger partial charge in [0.15, 0.2) is 11.9 Å². The third-order valence-corrected chi connectivity index (χ3v) is 10.3. The number of aliphatic carboxylic acids is 1. The van der Waals surface area contributed by atoms with Gasteiger partial charge >= 0.3 is 11.9 Å². The van der Waals surface area contributed by atoms with E-state index in [1.54, 1.807) is 12.3 Å². The van der Waals surface area contributed by atoms with E-state index in [9.17, 15) is 30.0 Å². The summed E-state index contributed by atoms with van der Waals surface area (Å²) < 4.78 is 23.7. The molecule has 1 aromatic heterocycles. The van der Waals surface area contributed by atoms with E-state index in [1.165, 1.54) is 38.9 Å². The molecule has 3 fully saturated rings. The van der Waals surface area contributed by atoms with Crippen LogP contribution >= 0.6 is 0 Å². The van der Waals surface area contributed by atoms with Gasteiger partial charge in [-0.1, -0.05) is 37.8 Å². The first-order chi connectivity index (χ1) is 20.7. The van der Waals surface area contributed by atoms with Crippen LogP contribution in [0.1, 0.15) is 57.1 Å². The fourth-order valence-electron chi connectivity index (χ4n) is 8.15. The quantitative estimate of drug-likeness (QED) is 0.202. The van der Waals surface area contributed by atoms with Gasteiger partial charge in [0, 0.05) is 28.3 Å². The fourth-order valence-corrected chi connectivity index (χ4v) is 8.15. The Kier molecular flexibility index (Phi) is 8.06. The van der Waals surface area contributed by atoms with Crippen molar-refractivity contribution in [3.63, 3.8) is 0 Å². The molecule has 5 aliphatic rings. The lowest BCUT2D eigenvalue weighted by Gasteiger charge is -2.59. The molecule has 2 bridgehead atoms. The average Bonchev–Trinajstić information content (AvgIpc) is 3.65. The zero-order valence-corrected chi connectivity index (χ0v) is 24.4. The number of aromatic nitrogens is 1. The third-order valence-electron chi connectivity index (χ3n) is 10.3. The second kappa shape index (κ2) is 11.5. The Morgan fingerprint density at radius 1 is 1.28 bits per heavy atom. The number of nitrogens with one attached hydrogen (secondary N) is 1. The number of rotatable bonds is 9. The summed E-state index contributed by atoms with van der Waals surface area (Å²) in [6.45, 7) is 3.35. The minimum absolute atomic E-state index is 0.104. The van der Waals surface area contributed by atoms with E-state index in [-0.39, 0.29) is 24.8 Å². The number of ether oxygens (including phenoxy) is 4. The molecule has 0 aromatic carbocycles. The van der Waals surface area contributed by atoms with E-state index in [0.717, 1.165) is 28.3 Å². The second-order valence-corrected chi connectivity index (χ2v) is 12.6. The maximum absolute atomic E-state index is 12.4. The van der Waals surface area contributed by atoms with Gasteiger partial charge in [-0.05, 0) is 43.2 Å². The molecule has 11 nitrogen and oxygen atoms in total. The molecule has 2 aliphatic heterocycles. The lowest BCUT2D eigenvalue weighted by atomic mass is 9.63. The number of H-pyrrole nitrogens is 1. The Bertz CT molecular complexity index is 1430. The number of hydrogen-bond acceptors (Lipinski definition) is 9. The summed E-state index contributed by atoms with van der Waals surface area (Å²) in [4.78, 5) is 27.6. The standard InChI is InChI=1S/C32H41NO10/c1-3-19-21(14-27(35)36)20(28(37)40-2)8-9-25(19)42-30-31(39)11-10-23-22-13-18(12-17-6-4-5-7-17)33-24(22)16-41-32(23,29(31)38)26(15-34)43-30/h3,8,13,16-17,19,21,25-26,29-30,33-34,38-39H,1,4-7,9-12,14-15H2,2H3,(H,35,36). The lowest BCUT2D eigenvalue weighted by molar-refractivity contribution is -0.371. The minimum Gasteiger partial charge on any atom is -0.483 e. The maximum Gasteiger partial charge on any atom is 0.333 e. The van der Waals surface area contributed by atoms with Crippen LogP contribution in [-0.2, 0) is 35.0 Å².